The number of alkyl halides is 3. The van der Waals surface area contributed by atoms with Gasteiger partial charge in [0.1, 0.15) is 10.0 Å². The Morgan fingerprint density at radius 1 is 1.36 bits per heavy atom. The van der Waals surface area contributed by atoms with Gasteiger partial charge in [0.2, 0.25) is 5.88 Å². The Balaban J connectivity index is 3.48. The van der Waals surface area contributed by atoms with E-state index in [1.165, 1.54) is 26.0 Å². The second-order valence-corrected chi connectivity index (χ2v) is 8.26. The molecule has 1 aromatic heterocycles. The predicted octanol–water partition coefficient (Wildman–Crippen LogP) is 4.64. The van der Waals surface area contributed by atoms with Crippen LogP contribution in [0.4, 0.5) is 17.6 Å². The van der Waals surface area contributed by atoms with Crippen LogP contribution in [0, 0.1) is 0 Å². The summed E-state index contributed by atoms with van der Waals surface area (Å²) in [5, 5.41) is 0. The second kappa shape index (κ2) is 8.13. The van der Waals surface area contributed by atoms with E-state index in [0.717, 1.165) is 30.8 Å². The highest BCUT2D eigenvalue weighted by molar-refractivity contribution is 7.92. The summed E-state index contributed by atoms with van der Waals surface area (Å²) in [6.07, 6.45) is -3.14. The van der Waals surface area contributed by atoms with Crippen molar-refractivity contribution in [1.82, 2.24) is 0 Å². The van der Waals surface area contributed by atoms with Gasteiger partial charge in [-0.25, -0.2) is 17.8 Å². The number of hydrogen-bond acceptors (Lipinski definition) is 5. The molecule has 0 saturated heterocycles. The van der Waals surface area contributed by atoms with Gasteiger partial charge in [0.15, 0.2) is 15.4 Å². The summed E-state index contributed by atoms with van der Waals surface area (Å²) in [4.78, 5) is 4.05. The van der Waals surface area contributed by atoms with E-state index in [1.807, 2.05) is 0 Å². The summed E-state index contributed by atoms with van der Waals surface area (Å²) in [7, 11) is -2.49. The van der Waals surface area contributed by atoms with Crippen molar-refractivity contribution >= 4 is 26.9 Å². The number of nitrogens with zero attached hydrogens (tertiary/aromatic N) is 1. The van der Waals surface area contributed by atoms with Crippen molar-refractivity contribution in [2.45, 2.75) is 30.7 Å². The maximum atomic E-state index is 13.9. The van der Waals surface area contributed by atoms with Gasteiger partial charge in [0.05, 0.1) is 12.8 Å². The average molecular weight is 399 g/mol. The van der Waals surface area contributed by atoms with Crippen molar-refractivity contribution in [2.24, 2.45) is 4.99 Å². The lowest BCUT2D eigenvalue weighted by Crippen LogP contribution is -2.16. The summed E-state index contributed by atoms with van der Waals surface area (Å²) in [6, 6.07) is 2.74. The first kappa shape index (κ1) is 21.4. The van der Waals surface area contributed by atoms with Gasteiger partial charge in [-0.05, 0) is 31.6 Å². The van der Waals surface area contributed by atoms with Gasteiger partial charge in [-0.3, -0.25) is 0 Å². The first-order valence-electron chi connectivity index (χ1n) is 6.98. The zero-order valence-electron chi connectivity index (χ0n) is 13.9. The highest BCUT2D eigenvalue weighted by Gasteiger charge is 2.40. The largest absolute Gasteiger partial charge is 0.480 e. The van der Waals surface area contributed by atoms with Crippen LogP contribution in [0.5, 0.6) is 0 Å². The first-order chi connectivity index (χ1) is 11.4. The average Bonchev–Trinajstić information content (AvgIpc) is 2.95. The van der Waals surface area contributed by atoms with Crippen molar-refractivity contribution in [3.63, 3.8) is 0 Å². The lowest BCUT2D eigenvalue weighted by atomic mass is 10.2. The van der Waals surface area contributed by atoms with Crippen LogP contribution in [-0.4, -0.2) is 33.7 Å². The molecule has 25 heavy (non-hydrogen) atoms. The number of aliphatic imine (C=N–C) groups is 1. The number of methoxy groups -OCH3 is 1. The molecule has 0 atom stereocenters. The summed E-state index contributed by atoms with van der Waals surface area (Å²) >= 11 is 0.852. The zero-order chi connectivity index (χ0) is 19.4. The highest BCUT2D eigenvalue weighted by Crippen LogP contribution is 2.35. The summed E-state index contributed by atoms with van der Waals surface area (Å²) in [5.74, 6) is -2.41. The van der Waals surface area contributed by atoms with E-state index in [4.69, 9.17) is 0 Å². The van der Waals surface area contributed by atoms with E-state index in [1.54, 1.807) is 0 Å². The molecule has 140 valence electrons. The monoisotopic (exact) mass is 399 g/mol. The van der Waals surface area contributed by atoms with Crippen LogP contribution < -0.4 is 0 Å². The molecule has 1 heterocycles. The normalized spacial score (nSPS) is 15.2. The van der Waals surface area contributed by atoms with Gasteiger partial charge in [0, 0.05) is 11.1 Å². The van der Waals surface area contributed by atoms with Crippen LogP contribution in [0.3, 0.4) is 0 Å². The molecule has 4 nitrogen and oxygen atoms in total. The number of halogens is 4. The molecular formula is C15H17F4NO3S2. The van der Waals surface area contributed by atoms with E-state index < -0.39 is 33.3 Å². The number of thiophene rings is 1. The number of ether oxygens (including phenoxy) is 1. The van der Waals surface area contributed by atoms with Crippen molar-refractivity contribution in [1.29, 1.82) is 0 Å². The van der Waals surface area contributed by atoms with E-state index in [2.05, 4.69) is 9.73 Å². The van der Waals surface area contributed by atoms with Gasteiger partial charge in [-0.1, -0.05) is 6.92 Å². The molecule has 10 heteroatoms. The lowest BCUT2D eigenvalue weighted by molar-refractivity contribution is -0.0944. The van der Waals surface area contributed by atoms with Crippen molar-refractivity contribution in [3.05, 3.63) is 40.4 Å². The Morgan fingerprint density at radius 3 is 2.36 bits per heavy atom. The van der Waals surface area contributed by atoms with E-state index >= 15 is 0 Å². The van der Waals surface area contributed by atoms with Crippen LogP contribution in [0.2, 0.25) is 0 Å². The fraction of sp³-hybridized carbons (Fsp3) is 0.400. The molecule has 0 saturated carbocycles. The predicted molar refractivity (Wildman–Crippen MR) is 89.2 cm³/mol. The molecule has 0 spiro atoms. The summed E-state index contributed by atoms with van der Waals surface area (Å²) in [6.45, 7) is 2.87. The SMILES string of the molecule is CC/C=C(F)/C(=C(\N=C(/C)c1ccc(S(C)(=O)=O)s1)OC)C(F)(F)F. The molecule has 0 radical (unpaired) electrons. The Kier molecular flexibility index (Phi) is 6.95. The molecule has 0 aliphatic carbocycles. The molecule has 0 fully saturated rings. The minimum absolute atomic E-state index is 0.0492. The highest BCUT2D eigenvalue weighted by atomic mass is 32.2. The lowest BCUT2D eigenvalue weighted by Gasteiger charge is -2.13. The zero-order valence-corrected chi connectivity index (χ0v) is 15.6. The number of hydrogen-bond donors (Lipinski definition) is 0. The quantitative estimate of drug-likeness (QED) is 0.303. The fourth-order valence-electron chi connectivity index (χ4n) is 1.76. The molecule has 0 aliphatic rings. The van der Waals surface area contributed by atoms with Gasteiger partial charge < -0.3 is 4.74 Å². The standard InChI is InChI=1S/C15H17F4NO3S2/c1-5-6-10(16)13(15(17,18)19)14(23-3)20-9(2)11-7-8-12(24-11)25(4,21)22/h6-8H,5H2,1-4H3/b10-6-,14-13-,20-9+. The number of sulfone groups is 1. The molecule has 1 rings (SSSR count). The molecule has 0 amide bonds. The van der Waals surface area contributed by atoms with E-state index in [-0.39, 0.29) is 16.3 Å². The van der Waals surface area contributed by atoms with E-state index in [0.29, 0.717) is 4.88 Å². The van der Waals surface area contributed by atoms with Gasteiger partial charge >= 0.3 is 6.18 Å². The van der Waals surface area contributed by atoms with Crippen LogP contribution in [0.1, 0.15) is 25.1 Å². The van der Waals surface area contributed by atoms with Gasteiger partial charge in [-0.2, -0.15) is 13.2 Å². The minimum Gasteiger partial charge on any atom is -0.480 e. The van der Waals surface area contributed by atoms with Crippen molar-refractivity contribution in [2.75, 3.05) is 13.4 Å². The molecule has 0 bridgehead atoms. The molecular weight excluding hydrogens is 382 g/mol. The molecule has 0 aliphatic heterocycles. The molecule has 1 aromatic rings. The third-order valence-corrected chi connectivity index (χ3v) is 5.90. The van der Waals surface area contributed by atoms with Crippen LogP contribution in [0.25, 0.3) is 0 Å². The van der Waals surface area contributed by atoms with Crippen LogP contribution >= 0.6 is 11.3 Å². The Morgan fingerprint density at radius 2 is 1.96 bits per heavy atom. The minimum atomic E-state index is -5.00. The van der Waals surface area contributed by atoms with Crippen molar-refractivity contribution < 1.29 is 30.7 Å². The number of allylic oxidation sites excluding steroid dienone is 3. The fourth-order valence-corrected chi connectivity index (χ4v) is 3.64. The maximum Gasteiger partial charge on any atom is 0.424 e. The van der Waals surface area contributed by atoms with Gasteiger partial charge in [0.25, 0.3) is 0 Å². The smallest absolute Gasteiger partial charge is 0.424 e. The molecule has 0 aromatic carbocycles. The third kappa shape index (κ3) is 5.67. The number of rotatable bonds is 6. The second-order valence-electron chi connectivity index (χ2n) is 4.93. The van der Waals surface area contributed by atoms with Crippen LogP contribution in [0.15, 0.2) is 44.7 Å². The van der Waals surface area contributed by atoms with E-state index in [9.17, 15) is 26.0 Å². The Labute approximate surface area is 147 Å². The van der Waals surface area contributed by atoms with Gasteiger partial charge in [-0.15, -0.1) is 11.3 Å². The Bertz CT molecular complexity index is 818. The maximum absolute atomic E-state index is 13.9. The Hall–Kier alpha value is -1.68. The summed E-state index contributed by atoms with van der Waals surface area (Å²) in [5.41, 5.74) is -1.54. The molecule has 0 unspecified atom stereocenters. The molecule has 0 N–H and O–H groups in total. The topological polar surface area (TPSA) is 55.7 Å². The summed E-state index contributed by atoms with van der Waals surface area (Å²) < 4.78 is 81.1. The third-order valence-electron chi connectivity index (χ3n) is 2.89. The van der Waals surface area contributed by atoms with Crippen molar-refractivity contribution in [3.8, 4) is 0 Å². The first-order valence-corrected chi connectivity index (χ1v) is 9.69. The van der Waals surface area contributed by atoms with Crippen LogP contribution in [-0.2, 0) is 14.6 Å².